The predicted molar refractivity (Wildman–Crippen MR) is 57.1 cm³/mol. The van der Waals surface area contributed by atoms with Crippen molar-refractivity contribution in [2.45, 2.75) is 12.5 Å². The highest BCUT2D eigenvalue weighted by Crippen LogP contribution is 2.21. The number of methoxy groups -OCH3 is 1. The molecule has 0 bridgehead atoms. The number of hydrogen-bond donors (Lipinski definition) is 1. The second kappa shape index (κ2) is 6.46. The molecule has 0 aliphatic rings. The van der Waals surface area contributed by atoms with E-state index < -0.39 is 29.5 Å². The summed E-state index contributed by atoms with van der Waals surface area (Å²) < 4.78 is 43.0. The highest BCUT2D eigenvalue weighted by molar-refractivity contribution is 5.85. The van der Waals surface area contributed by atoms with E-state index in [9.17, 15) is 18.0 Å². The van der Waals surface area contributed by atoms with E-state index in [1.54, 1.807) is 0 Å². The first-order chi connectivity index (χ1) is 7.45. The van der Waals surface area contributed by atoms with E-state index in [0.29, 0.717) is 12.1 Å². The first kappa shape index (κ1) is 15.7. The van der Waals surface area contributed by atoms with E-state index >= 15 is 0 Å². The monoisotopic (exact) mass is 269 g/mol. The van der Waals surface area contributed by atoms with Gasteiger partial charge in [0.1, 0.15) is 5.82 Å². The van der Waals surface area contributed by atoms with Gasteiger partial charge in [-0.05, 0) is 6.07 Å². The standard InChI is InChI=1S/C10H10F3NO2.ClH/c1-16-10(15)4-9(14)5-2-7(12)8(13)3-6(5)11;/h2-3,9H,4,14H2,1H3;1H/t9-;/m1./s1. The molecular formula is C10H11ClF3NO2. The molecule has 0 amide bonds. The van der Waals surface area contributed by atoms with Crippen molar-refractivity contribution in [2.75, 3.05) is 7.11 Å². The number of benzene rings is 1. The van der Waals surface area contributed by atoms with Crippen LogP contribution in [0.5, 0.6) is 0 Å². The summed E-state index contributed by atoms with van der Waals surface area (Å²) in [6.07, 6.45) is -0.307. The Morgan fingerprint density at radius 3 is 2.35 bits per heavy atom. The minimum Gasteiger partial charge on any atom is -0.469 e. The van der Waals surface area contributed by atoms with Crippen molar-refractivity contribution in [3.63, 3.8) is 0 Å². The minimum atomic E-state index is -1.30. The molecule has 0 unspecified atom stereocenters. The Labute approximate surface area is 102 Å². The summed E-state index contributed by atoms with van der Waals surface area (Å²) in [6, 6.07) is -0.0392. The average Bonchev–Trinajstić information content (AvgIpc) is 2.23. The molecule has 3 nitrogen and oxygen atoms in total. The third-order valence-corrected chi connectivity index (χ3v) is 2.05. The lowest BCUT2D eigenvalue weighted by Crippen LogP contribution is -2.18. The number of rotatable bonds is 3. The summed E-state index contributed by atoms with van der Waals surface area (Å²) in [5, 5.41) is 0. The van der Waals surface area contributed by atoms with Crippen LogP contribution in [0.15, 0.2) is 12.1 Å². The van der Waals surface area contributed by atoms with Crippen LogP contribution in [0.2, 0.25) is 0 Å². The van der Waals surface area contributed by atoms with Gasteiger partial charge in [-0.2, -0.15) is 0 Å². The molecule has 2 N–H and O–H groups in total. The number of ether oxygens (including phenoxy) is 1. The van der Waals surface area contributed by atoms with E-state index in [0.717, 1.165) is 7.11 Å². The van der Waals surface area contributed by atoms with E-state index in [4.69, 9.17) is 5.73 Å². The van der Waals surface area contributed by atoms with Crippen molar-refractivity contribution >= 4 is 18.4 Å². The van der Waals surface area contributed by atoms with Crippen LogP contribution in [0.4, 0.5) is 13.2 Å². The van der Waals surface area contributed by atoms with Crippen LogP contribution in [-0.2, 0) is 9.53 Å². The fourth-order valence-electron chi connectivity index (χ4n) is 1.19. The maximum absolute atomic E-state index is 13.2. The van der Waals surface area contributed by atoms with Gasteiger partial charge in [0.05, 0.1) is 13.5 Å². The second-order valence-corrected chi connectivity index (χ2v) is 3.17. The first-order valence-corrected chi connectivity index (χ1v) is 4.42. The molecule has 1 aromatic rings. The lowest BCUT2D eigenvalue weighted by Gasteiger charge is -2.11. The van der Waals surface area contributed by atoms with Crippen LogP contribution >= 0.6 is 12.4 Å². The zero-order chi connectivity index (χ0) is 12.3. The summed E-state index contributed by atoms with van der Waals surface area (Å²) in [5.74, 6) is -4.16. The van der Waals surface area contributed by atoms with Crippen LogP contribution in [0.25, 0.3) is 0 Å². The largest absolute Gasteiger partial charge is 0.469 e. The van der Waals surface area contributed by atoms with Crippen LogP contribution in [-0.4, -0.2) is 13.1 Å². The molecule has 96 valence electrons. The van der Waals surface area contributed by atoms with Crippen molar-refractivity contribution < 1.29 is 22.7 Å². The summed E-state index contributed by atoms with van der Waals surface area (Å²) >= 11 is 0. The van der Waals surface area contributed by atoms with Gasteiger partial charge < -0.3 is 10.5 Å². The highest BCUT2D eigenvalue weighted by Gasteiger charge is 2.18. The van der Waals surface area contributed by atoms with E-state index in [2.05, 4.69) is 4.74 Å². The fourth-order valence-corrected chi connectivity index (χ4v) is 1.19. The first-order valence-electron chi connectivity index (χ1n) is 4.42. The molecule has 0 heterocycles. The van der Waals surface area contributed by atoms with E-state index in [1.807, 2.05) is 0 Å². The van der Waals surface area contributed by atoms with Crippen molar-refractivity contribution in [2.24, 2.45) is 5.73 Å². The van der Waals surface area contributed by atoms with Gasteiger partial charge in [-0.15, -0.1) is 12.4 Å². The fraction of sp³-hybridized carbons (Fsp3) is 0.300. The molecule has 1 rings (SSSR count). The Hall–Kier alpha value is -1.27. The number of nitrogens with two attached hydrogens (primary N) is 1. The molecule has 0 fully saturated rings. The summed E-state index contributed by atoms with van der Waals surface area (Å²) in [4.78, 5) is 10.9. The number of carbonyl (C=O) groups excluding carboxylic acids is 1. The lowest BCUT2D eigenvalue weighted by molar-refractivity contribution is -0.141. The Kier molecular flexibility index (Phi) is 5.98. The minimum absolute atomic E-state index is 0. The van der Waals surface area contributed by atoms with Gasteiger partial charge in [-0.1, -0.05) is 0 Å². The molecule has 0 aliphatic heterocycles. The zero-order valence-corrected chi connectivity index (χ0v) is 9.69. The third kappa shape index (κ3) is 3.90. The van der Waals surface area contributed by atoms with E-state index in [-0.39, 0.29) is 24.4 Å². The lowest BCUT2D eigenvalue weighted by atomic mass is 10.0. The summed E-state index contributed by atoms with van der Waals surface area (Å²) in [7, 11) is 1.15. The van der Waals surface area contributed by atoms with Crippen molar-refractivity contribution in [1.82, 2.24) is 0 Å². The molecule has 0 saturated carbocycles. The normalized spacial score (nSPS) is 11.6. The van der Waals surface area contributed by atoms with Crippen molar-refractivity contribution in [3.8, 4) is 0 Å². The van der Waals surface area contributed by atoms with Gasteiger partial charge in [0.15, 0.2) is 11.6 Å². The Morgan fingerprint density at radius 1 is 1.29 bits per heavy atom. The van der Waals surface area contributed by atoms with Gasteiger partial charge in [0.25, 0.3) is 0 Å². The maximum Gasteiger partial charge on any atom is 0.307 e. The number of esters is 1. The number of hydrogen-bond acceptors (Lipinski definition) is 3. The maximum atomic E-state index is 13.2. The highest BCUT2D eigenvalue weighted by atomic mass is 35.5. The Morgan fingerprint density at radius 2 is 1.82 bits per heavy atom. The molecule has 0 aromatic heterocycles. The quantitative estimate of drug-likeness (QED) is 0.675. The molecule has 1 aromatic carbocycles. The Bertz CT molecular complexity index is 415. The van der Waals surface area contributed by atoms with E-state index in [1.165, 1.54) is 0 Å². The van der Waals surface area contributed by atoms with Crippen LogP contribution in [0.3, 0.4) is 0 Å². The average molecular weight is 270 g/mol. The molecule has 0 spiro atoms. The Balaban J connectivity index is 0.00000256. The summed E-state index contributed by atoms with van der Waals surface area (Å²) in [6.45, 7) is 0. The molecule has 0 aliphatic carbocycles. The smallest absolute Gasteiger partial charge is 0.307 e. The van der Waals surface area contributed by atoms with Gasteiger partial charge in [0, 0.05) is 17.7 Å². The number of halogens is 4. The van der Waals surface area contributed by atoms with Crippen LogP contribution in [0.1, 0.15) is 18.0 Å². The van der Waals surface area contributed by atoms with Gasteiger partial charge in [-0.25, -0.2) is 13.2 Å². The van der Waals surface area contributed by atoms with Crippen LogP contribution < -0.4 is 5.73 Å². The molecule has 0 saturated heterocycles. The predicted octanol–water partition coefficient (Wildman–Crippen LogP) is 2.09. The molecule has 0 radical (unpaired) electrons. The molecular weight excluding hydrogens is 259 g/mol. The van der Waals surface area contributed by atoms with Crippen LogP contribution in [0, 0.1) is 17.5 Å². The molecule has 1 atom stereocenters. The topological polar surface area (TPSA) is 52.3 Å². The molecule has 7 heteroatoms. The van der Waals surface area contributed by atoms with Gasteiger partial charge in [0.2, 0.25) is 0 Å². The second-order valence-electron chi connectivity index (χ2n) is 3.17. The summed E-state index contributed by atoms with van der Waals surface area (Å²) in [5.41, 5.74) is 5.20. The van der Waals surface area contributed by atoms with Gasteiger partial charge >= 0.3 is 5.97 Å². The number of carbonyl (C=O) groups is 1. The third-order valence-electron chi connectivity index (χ3n) is 2.05. The van der Waals surface area contributed by atoms with Crippen molar-refractivity contribution in [3.05, 3.63) is 35.1 Å². The zero-order valence-electron chi connectivity index (χ0n) is 8.88. The molecule has 17 heavy (non-hydrogen) atoms. The van der Waals surface area contributed by atoms with Gasteiger partial charge in [-0.3, -0.25) is 4.79 Å². The van der Waals surface area contributed by atoms with Crippen molar-refractivity contribution in [1.29, 1.82) is 0 Å². The SMILES string of the molecule is COC(=O)C[C@@H](N)c1cc(F)c(F)cc1F.Cl.